The van der Waals surface area contributed by atoms with Crippen LogP contribution in [0.15, 0.2) is 51.7 Å². The molecule has 1 N–H and O–H groups in total. The van der Waals surface area contributed by atoms with Crippen LogP contribution in [0.2, 0.25) is 0 Å². The fourth-order valence-electron chi connectivity index (χ4n) is 4.24. The zero-order valence-electron chi connectivity index (χ0n) is 18.4. The molecule has 1 atom stereocenters. The maximum atomic E-state index is 12.7. The number of benzene rings is 2. The lowest BCUT2D eigenvalue weighted by Gasteiger charge is -2.35. The largest absolute Gasteiger partial charge is 0.497 e. The van der Waals surface area contributed by atoms with Crippen LogP contribution < -0.4 is 15.8 Å². The van der Waals surface area contributed by atoms with E-state index in [1.54, 1.807) is 7.11 Å². The molecule has 10 nitrogen and oxygen atoms in total. The Morgan fingerprint density at radius 1 is 1.18 bits per heavy atom. The van der Waals surface area contributed by atoms with E-state index in [-0.39, 0.29) is 29.8 Å². The number of non-ortho nitro benzene ring substituents is 1. The normalized spacial score (nSPS) is 15.3. The first-order chi connectivity index (χ1) is 16.0. The van der Waals surface area contributed by atoms with Crippen LogP contribution in [0.5, 0.6) is 5.75 Å². The molecule has 1 aromatic heterocycles. The Balaban J connectivity index is 1.48. The van der Waals surface area contributed by atoms with E-state index >= 15 is 0 Å². The molecule has 0 bridgehead atoms. The van der Waals surface area contributed by atoms with E-state index in [0.717, 1.165) is 37.2 Å². The summed E-state index contributed by atoms with van der Waals surface area (Å²) in [5.41, 5.74) is 1.31. The Morgan fingerprint density at radius 3 is 2.58 bits per heavy atom. The molecule has 0 aliphatic carbocycles. The van der Waals surface area contributed by atoms with Gasteiger partial charge in [0.2, 0.25) is 5.91 Å². The number of fused-ring (bicyclic) bond motifs is 1. The van der Waals surface area contributed by atoms with E-state index in [1.165, 1.54) is 29.2 Å². The van der Waals surface area contributed by atoms with Crippen molar-refractivity contribution in [1.29, 1.82) is 0 Å². The molecule has 1 aliphatic heterocycles. The van der Waals surface area contributed by atoms with Gasteiger partial charge in [-0.3, -0.25) is 24.4 Å². The Morgan fingerprint density at radius 2 is 1.91 bits per heavy atom. The Bertz CT molecular complexity index is 1190. The molecule has 0 radical (unpaired) electrons. The van der Waals surface area contributed by atoms with Gasteiger partial charge in [-0.25, -0.2) is 4.79 Å². The molecule has 1 unspecified atom stereocenters. The highest BCUT2D eigenvalue weighted by Gasteiger charge is 2.23. The summed E-state index contributed by atoms with van der Waals surface area (Å²) in [4.78, 5) is 37.7. The second kappa shape index (κ2) is 9.86. The number of nitrogens with zero attached hydrogens (tertiary/aromatic N) is 3. The minimum absolute atomic E-state index is 0.000576. The molecule has 33 heavy (non-hydrogen) atoms. The molecule has 1 fully saturated rings. The van der Waals surface area contributed by atoms with Gasteiger partial charge in [0.25, 0.3) is 5.69 Å². The van der Waals surface area contributed by atoms with Gasteiger partial charge in [-0.05, 0) is 49.7 Å². The van der Waals surface area contributed by atoms with Gasteiger partial charge in [0.05, 0.1) is 29.7 Å². The molecule has 0 spiro atoms. The lowest BCUT2D eigenvalue weighted by atomic mass is 10.0. The minimum atomic E-state index is -0.733. The number of amides is 1. The summed E-state index contributed by atoms with van der Waals surface area (Å²) in [6.45, 7) is 2.06. The second-order valence-corrected chi connectivity index (χ2v) is 8.05. The first-order valence-corrected chi connectivity index (χ1v) is 10.9. The van der Waals surface area contributed by atoms with E-state index in [9.17, 15) is 19.7 Å². The van der Waals surface area contributed by atoms with Crippen molar-refractivity contribution in [2.45, 2.75) is 31.8 Å². The summed E-state index contributed by atoms with van der Waals surface area (Å²) < 4.78 is 11.5. The highest BCUT2D eigenvalue weighted by atomic mass is 16.6. The molecule has 1 saturated heterocycles. The first kappa shape index (κ1) is 22.5. The van der Waals surface area contributed by atoms with Crippen molar-refractivity contribution in [3.8, 4) is 5.75 Å². The number of hydrogen-bond acceptors (Lipinski definition) is 7. The number of methoxy groups -OCH3 is 1. The summed E-state index contributed by atoms with van der Waals surface area (Å²) in [7, 11) is 1.62. The molecule has 174 valence electrons. The summed E-state index contributed by atoms with van der Waals surface area (Å²) in [6.07, 6.45) is 3.43. The van der Waals surface area contributed by atoms with E-state index in [0.29, 0.717) is 12.1 Å². The summed E-state index contributed by atoms with van der Waals surface area (Å²) in [5, 5.41) is 13.9. The Kier molecular flexibility index (Phi) is 6.74. The number of ether oxygens (including phenoxy) is 1. The predicted molar refractivity (Wildman–Crippen MR) is 121 cm³/mol. The standard InChI is InChI=1S/C23H26N4O6/c1-32-18-8-5-16(6-9-18)20(25-11-3-2-4-12-25)14-24-22(28)15-26-19-10-7-17(27(30)31)13-21(19)33-23(26)29/h5-10,13,20H,2-4,11-12,14-15H2,1H3,(H,24,28). The Hall–Kier alpha value is -3.66. The van der Waals surface area contributed by atoms with Crippen molar-refractivity contribution in [3.05, 3.63) is 68.7 Å². The molecule has 2 aromatic carbocycles. The van der Waals surface area contributed by atoms with Gasteiger partial charge in [0, 0.05) is 12.6 Å². The van der Waals surface area contributed by atoms with Crippen LogP contribution in [0.1, 0.15) is 30.9 Å². The number of carbonyl (C=O) groups is 1. The summed E-state index contributed by atoms with van der Waals surface area (Å²) >= 11 is 0. The van der Waals surface area contributed by atoms with E-state index < -0.39 is 10.7 Å². The maximum Gasteiger partial charge on any atom is 0.420 e. The SMILES string of the molecule is COc1ccc(C(CNC(=O)Cn2c(=O)oc3cc([N+](=O)[O-])ccc32)N2CCCCC2)cc1. The van der Waals surface area contributed by atoms with Crippen molar-refractivity contribution in [1.82, 2.24) is 14.8 Å². The van der Waals surface area contributed by atoms with Crippen LogP contribution in [0, 0.1) is 10.1 Å². The van der Waals surface area contributed by atoms with E-state index in [1.807, 2.05) is 24.3 Å². The lowest BCUT2D eigenvalue weighted by molar-refractivity contribution is -0.384. The highest BCUT2D eigenvalue weighted by molar-refractivity contribution is 5.80. The number of likely N-dealkylation sites (tertiary alicyclic amines) is 1. The predicted octanol–water partition coefficient (Wildman–Crippen LogP) is 2.85. The second-order valence-electron chi connectivity index (χ2n) is 8.05. The van der Waals surface area contributed by atoms with Gasteiger partial charge >= 0.3 is 5.76 Å². The number of nitrogens with one attached hydrogen (secondary N) is 1. The molecular formula is C23H26N4O6. The van der Waals surface area contributed by atoms with Gasteiger partial charge in [0.1, 0.15) is 12.3 Å². The Labute approximate surface area is 189 Å². The highest BCUT2D eigenvalue weighted by Crippen LogP contribution is 2.26. The number of piperidine rings is 1. The lowest BCUT2D eigenvalue weighted by Crippen LogP contribution is -2.41. The number of carbonyl (C=O) groups excluding carboxylic acids is 1. The molecule has 1 aliphatic rings. The third-order valence-corrected chi connectivity index (χ3v) is 5.99. The maximum absolute atomic E-state index is 12.7. The monoisotopic (exact) mass is 454 g/mol. The average Bonchev–Trinajstić information content (AvgIpc) is 3.14. The third kappa shape index (κ3) is 5.06. The number of hydrogen-bond donors (Lipinski definition) is 1. The van der Waals surface area contributed by atoms with Crippen LogP contribution in [0.3, 0.4) is 0 Å². The zero-order chi connectivity index (χ0) is 23.4. The van der Waals surface area contributed by atoms with E-state index in [4.69, 9.17) is 9.15 Å². The van der Waals surface area contributed by atoms with Crippen molar-refractivity contribution in [2.24, 2.45) is 0 Å². The third-order valence-electron chi connectivity index (χ3n) is 5.99. The van der Waals surface area contributed by atoms with Gasteiger partial charge < -0.3 is 14.5 Å². The van der Waals surface area contributed by atoms with Gasteiger partial charge in [-0.2, -0.15) is 0 Å². The first-order valence-electron chi connectivity index (χ1n) is 10.9. The molecule has 2 heterocycles. The number of nitro benzene ring substituents is 1. The molecule has 4 rings (SSSR count). The van der Waals surface area contributed by atoms with Crippen LogP contribution in [-0.4, -0.2) is 47.0 Å². The minimum Gasteiger partial charge on any atom is -0.497 e. The molecule has 1 amide bonds. The van der Waals surface area contributed by atoms with Crippen LogP contribution in [0.25, 0.3) is 11.1 Å². The van der Waals surface area contributed by atoms with Gasteiger partial charge in [0.15, 0.2) is 5.58 Å². The fourth-order valence-corrected chi connectivity index (χ4v) is 4.24. The van der Waals surface area contributed by atoms with Crippen LogP contribution in [0.4, 0.5) is 5.69 Å². The number of aromatic nitrogens is 1. The smallest absolute Gasteiger partial charge is 0.420 e. The fraction of sp³-hybridized carbons (Fsp3) is 0.391. The molecular weight excluding hydrogens is 428 g/mol. The quantitative estimate of drug-likeness (QED) is 0.410. The van der Waals surface area contributed by atoms with Crippen molar-refractivity contribution < 1.29 is 18.9 Å². The van der Waals surface area contributed by atoms with Crippen LogP contribution >= 0.6 is 0 Å². The van der Waals surface area contributed by atoms with E-state index in [2.05, 4.69) is 10.2 Å². The number of nitro groups is 1. The average molecular weight is 454 g/mol. The van der Waals surface area contributed by atoms with Gasteiger partial charge in [-0.1, -0.05) is 18.6 Å². The summed E-state index contributed by atoms with van der Waals surface area (Å²) in [5.74, 6) is -0.302. The van der Waals surface area contributed by atoms with Gasteiger partial charge in [-0.15, -0.1) is 0 Å². The topological polar surface area (TPSA) is 120 Å². The molecule has 10 heteroatoms. The van der Waals surface area contributed by atoms with Crippen molar-refractivity contribution >= 4 is 22.7 Å². The molecule has 0 saturated carbocycles. The van der Waals surface area contributed by atoms with Crippen LogP contribution in [-0.2, 0) is 11.3 Å². The number of oxazole rings is 1. The zero-order valence-corrected chi connectivity index (χ0v) is 18.4. The van der Waals surface area contributed by atoms with Crippen molar-refractivity contribution in [2.75, 3.05) is 26.7 Å². The number of rotatable bonds is 8. The molecule has 3 aromatic rings. The summed E-state index contributed by atoms with van der Waals surface area (Å²) in [6, 6.07) is 11.7. The van der Waals surface area contributed by atoms with Crippen molar-refractivity contribution in [3.63, 3.8) is 0 Å².